The first kappa shape index (κ1) is 14.3. The maximum absolute atomic E-state index is 12.1. The Kier molecular flexibility index (Phi) is 4.08. The van der Waals surface area contributed by atoms with Crippen molar-refractivity contribution in [1.82, 2.24) is 5.32 Å². The molecule has 0 unspecified atom stereocenters. The number of carbonyl (C=O) groups excluding carboxylic acids is 1. The molecular weight excluding hydrogens is 346 g/mol. The first-order valence-corrected chi connectivity index (χ1v) is 8.27. The average Bonchev–Trinajstić information content (AvgIpc) is 2.82. The Hall–Kier alpha value is -1.65. The molecule has 1 N–H and O–H groups in total. The summed E-state index contributed by atoms with van der Waals surface area (Å²) in [7, 11) is 0. The molecule has 0 saturated carbocycles. The van der Waals surface area contributed by atoms with E-state index < -0.39 is 0 Å². The third-order valence-corrected chi connectivity index (χ3v) is 5.26. The number of rotatable bonds is 3. The molecule has 0 atom stereocenters. The minimum Gasteiger partial charge on any atom is -0.347 e. The summed E-state index contributed by atoms with van der Waals surface area (Å²) in [6.45, 7) is 2.68. The summed E-state index contributed by atoms with van der Waals surface area (Å²) in [5.74, 6) is -0.0423. The SMILES string of the molecule is Cc1c(CNC(=O)c2ccc(Br)cc2)sc2ccccc12. The predicted molar refractivity (Wildman–Crippen MR) is 91.9 cm³/mol. The number of hydrogen-bond acceptors (Lipinski definition) is 2. The van der Waals surface area contributed by atoms with Crippen molar-refractivity contribution >= 4 is 43.3 Å². The molecule has 0 aliphatic rings. The second-order valence-electron chi connectivity index (χ2n) is 4.84. The quantitative estimate of drug-likeness (QED) is 0.707. The predicted octanol–water partition coefficient (Wildman–Crippen LogP) is 4.90. The van der Waals surface area contributed by atoms with Crippen LogP contribution >= 0.6 is 27.3 Å². The van der Waals surface area contributed by atoms with Crippen LogP contribution in [0.2, 0.25) is 0 Å². The third-order valence-electron chi connectivity index (χ3n) is 3.46. The second kappa shape index (κ2) is 6.00. The maximum atomic E-state index is 12.1. The van der Waals surface area contributed by atoms with Crippen molar-refractivity contribution in [2.45, 2.75) is 13.5 Å². The van der Waals surface area contributed by atoms with E-state index in [9.17, 15) is 4.79 Å². The summed E-state index contributed by atoms with van der Waals surface area (Å²) in [6, 6.07) is 15.7. The van der Waals surface area contributed by atoms with Crippen LogP contribution in [0.4, 0.5) is 0 Å². The molecule has 1 aromatic heterocycles. The molecule has 0 saturated heterocycles. The monoisotopic (exact) mass is 359 g/mol. The molecule has 0 aliphatic carbocycles. The van der Waals surface area contributed by atoms with E-state index in [4.69, 9.17) is 0 Å². The molecule has 0 bridgehead atoms. The number of benzene rings is 2. The first-order valence-electron chi connectivity index (χ1n) is 6.66. The molecule has 106 valence electrons. The van der Waals surface area contributed by atoms with Crippen LogP contribution in [0.15, 0.2) is 53.0 Å². The molecule has 21 heavy (non-hydrogen) atoms. The van der Waals surface area contributed by atoms with Gasteiger partial charge in [-0.1, -0.05) is 34.1 Å². The van der Waals surface area contributed by atoms with Gasteiger partial charge < -0.3 is 5.32 Å². The van der Waals surface area contributed by atoms with Gasteiger partial charge in [-0.2, -0.15) is 0 Å². The zero-order chi connectivity index (χ0) is 14.8. The number of amides is 1. The van der Waals surface area contributed by atoms with Crippen LogP contribution in [0.3, 0.4) is 0 Å². The van der Waals surface area contributed by atoms with E-state index in [-0.39, 0.29) is 5.91 Å². The molecule has 3 aromatic rings. The van der Waals surface area contributed by atoms with E-state index in [2.05, 4.69) is 40.3 Å². The normalized spacial score (nSPS) is 10.8. The fraction of sp³-hybridized carbons (Fsp3) is 0.118. The molecule has 1 amide bonds. The minimum atomic E-state index is -0.0423. The topological polar surface area (TPSA) is 29.1 Å². The van der Waals surface area contributed by atoms with Crippen LogP contribution < -0.4 is 5.32 Å². The molecule has 0 spiro atoms. The van der Waals surface area contributed by atoms with Gasteiger partial charge in [-0.05, 0) is 48.2 Å². The summed E-state index contributed by atoms with van der Waals surface area (Å²) >= 11 is 5.11. The summed E-state index contributed by atoms with van der Waals surface area (Å²) in [5, 5.41) is 4.27. The summed E-state index contributed by atoms with van der Waals surface area (Å²) in [4.78, 5) is 13.3. The zero-order valence-electron chi connectivity index (χ0n) is 11.5. The number of hydrogen-bond donors (Lipinski definition) is 1. The standard InChI is InChI=1S/C17H14BrNOS/c1-11-14-4-2-3-5-15(14)21-16(11)10-19-17(20)12-6-8-13(18)9-7-12/h2-9H,10H2,1H3,(H,19,20). The van der Waals surface area contributed by atoms with Crippen LogP contribution in [-0.4, -0.2) is 5.91 Å². The van der Waals surface area contributed by atoms with E-state index in [1.807, 2.05) is 36.4 Å². The van der Waals surface area contributed by atoms with Crippen molar-refractivity contribution < 1.29 is 4.79 Å². The minimum absolute atomic E-state index is 0.0423. The van der Waals surface area contributed by atoms with E-state index in [0.717, 1.165) is 4.47 Å². The molecule has 0 radical (unpaired) electrons. The van der Waals surface area contributed by atoms with Gasteiger partial charge in [-0.25, -0.2) is 0 Å². The molecule has 2 aromatic carbocycles. The van der Waals surface area contributed by atoms with Crippen molar-refractivity contribution in [1.29, 1.82) is 0 Å². The highest BCUT2D eigenvalue weighted by Crippen LogP contribution is 2.30. The Balaban J connectivity index is 1.75. The second-order valence-corrected chi connectivity index (χ2v) is 6.89. The van der Waals surface area contributed by atoms with E-state index in [1.54, 1.807) is 11.3 Å². The highest BCUT2D eigenvalue weighted by molar-refractivity contribution is 9.10. The molecule has 4 heteroatoms. The Morgan fingerprint density at radius 3 is 2.57 bits per heavy atom. The number of aryl methyl sites for hydroxylation is 1. The molecule has 1 heterocycles. The summed E-state index contributed by atoms with van der Waals surface area (Å²) in [6.07, 6.45) is 0. The van der Waals surface area contributed by atoms with Crippen molar-refractivity contribution in [3.05, 3.63) is 69.0 Å². The summed E-state index contributed by atoms with van der Waals surface area (Å²) in [5.41, 5.74) is 1.93. The number of thiophene rings is 1. The number of fused-ring (bicyclic) bond motifs is 1. The lowest BCUT2D eigenvalue weighted by Crippen LogP contribution is -2.22. The smallest absolute Gasteiger partial charge is 0.251 e. The van der Waals surface area contributed by atoms with E-state index in [0.29, 0.717) is 12.1 Å². The van der Waals surface area contributed by atoms with Gasteiger partial charge in [0.1, 0.15) is 0 Å². The lowest BCUT2D eigenvalue weighted by molar-refractivity contribution is 0.0951. The highest BCUT2D eigenvalue weighted by atomic mass is 79.9. The van der Waals surface area contributed by atoms with Crippen LogP contribution in [0, 0.1) is 6.92 Å². The zero-order valence-corrected chi connectivity index (χ0v) is 13.9. The van der Waals surface area contributed by atoms with Crippen LogP contribution in [0.5, 0.6) is 0 Å². The molecule has 2 nitrogen and oxygen atoms in total. The van der Waals surface area contributed by atoms with Crippen LogP contribution in [0.1, 0.15) is 20.8 Å². The highest BCUT2D eigenvalue weighted by Gasteiger charge is 2.10. The van der Waals surface area contributed by atoms with Crippen LogP contribution in [0.25, 0.3) is 10.1 Å². The molecule has 0 aliphatic heterocycles. The van der Waals surface area contributed by atoms with Crippen molar-refractivity contribution in [3.63, 3.8) is 0 Å². The lowest BCUT2D eigenvalue weighted by Gasteiger charge is -2.05. The lowest BCUT2D eigenvalue weighted by atomic mass is 10.1. The van der Waals surface area contributed by atoms with Gasteiger partial charge in [-0.3, -0.25) is 4.79 Å². The molecule has 0 fully saturated rings. The fourth-order valence-corrected chi connectivity index (χ4v) is 3.67. The Labute approximate surface area is 135 Å². The van der Waals surface area contributed by atoms with Gasteiger partial charge in [0.05, 0.1) is 6.54 Å². The van der Waals surface area contributed by atoms with Crippen molar-refractivity contribution in [3.8, 4) is 0 Å². The number of nitrogens with one attached hydrogen (secondary N) is 1. The third kappa shape index (κ3) is 3.01. The van der Waals surface area contributed by atoms with Crippen molar-refractivity contribution in [2.75, 3.05) is 0 Å². The van der Waals surface area contributed by atoms with Crippen LogP contribution in [-0.2, 0) is 6.54 Å². The van der Waals surface area contributed by atoms with Gasteiger partial charge in [0.2, 0.25) is 0 Å². The van der Waals surface area contributed by atoms with Crippen molar-refractivity contribution in [2.24, 2.45) is 0 Å². The Morgan fingerprint density at radius 1 is 1.14 bits per heavy atom. The molecule has 3 rings (SSSR count). The number of halogens is 1. The van der Waals surface area contributed by atoms with Gasteiger partial charge >= 0.3 is 0 Å². The Bertz CT molecular complexity index is 792. The van der Waals surface area contributed by atoms with Gasteiger partial charge in [0, 0.05) is 19.6 Å². The fourth-order valence-electron chi connectivity index (χ4n) is 2.26. The van der Waals surface area contributed by atoms with E-state index >= 15 is 0 Å². The van der Waals surface area contributed by atoms with Gasteiger partial charge in [-0.15, -0.1) is 11.3 Å². The van der Waals surface area contributed by atoms with Gasteiger partial charge in [0.15, 0.2) is 0 Å². The summed E-state index contributed by atoms with van der Waals surface area (Å²) < 4.78 is 2.24. The average molecular weight is 360 g/mol. The molecular formula is C17H14BrNOS. The van der Waals surface area contributed by atoms with E-state index in [1.165, 1.54) is 20.5 Å². The van der Waals surface area contributed by atoms with Gasteiger partial charge in [0.25, 0.3) is 5.91 Å². The number of carbonyl (C=O) groups is 1. The Morgan fingerprint density at radius 2 is 1.86 bits per heavy atom. The first-order chi connectivity index (χ1) is 10.1. The largest absolute Gasteiger partial charge is 0.347 e. The maximum Gasteiger partial charge on any atom is 0.251 e.